The fourth-order valence-electron chi connectivity index (χ4n) is 6.72. The van der Waals surface area contributed by atoms with Gasteiger partial charge in [0.1, 0.15) is 11.9 Å². The Labute approximate surface area is 277 Å². The maximum absolute atomic E-state index is 14.4. The van der Waals surface area contributed by atoms with Crippen LogP contribution in [0.4, 0.5) is 11.5 Å². The third-order valence-electron chi connectivity index (χ3n) is 9.85. The molecule has 3 N–H and O–H groups in total. The fourth-order valence-corrected chi connectivity index (χ4v) is 6.72. The first-order chi connectivity index (χ1) is 22.4. The van der Waals surface area contributed by atoms with Gasteiger partial charge in [-0.2, -0.15) is 0 Å². The first kappa shape index (κ1) is 33.8. The van der Waals surface area contributed by atoms with Gasteiger partial charge in [0.2, 0.25) is 23.6 Å². The molecular formula is C37H46N6O4. The van der Waals surface area contributed by atoms with Crippen molar-refractivity contribution in [2.24, 2.45) is 10.8 Å². The van der Waals surface area contributed by atoms with Crippen molar-refractivity contribution in [2.45, 2.75) is 72.5 Å². The van der Waals surface area contributed by atoms with E-state index in [1.165, 1.54) is 0 Å². The predicted octanol–water partition coefficient (Wildman–Crippen LogP) is 4.55. The number of amides is 4. The van der Waals surface area contributed by atoms with E-state index in [1.54, 1.807) is 42.0 Å². The van der Waals surface area contributed by atoms with Crippen LogP contribution in [0.5, 0.6) is 0 Å². The lowest BCUT2D eigenvalue weighted by Gasteiger charge is -2.42. The minimum Gasteiger partial charge on any atom is -0.343 e. The molecule has 248 valence electrons. The van der Waals surface area contributed by atoms with E-state index in [2.05, 4.69) is 20.9 Å². The zero-order valence-corrected chi connectivity index (χ0v) is 28.1. The van der Waals surface area contributed by atoms with Crippen molar-refractivity contribution >= 4 is 35.1 Å². The summed E-state index contributed by atoms with van der Waals surface area (Å²) in [5.41, 5.74) is 3.38. The summed E-state index contributed by atoms with van der Waals surface area (Å²) < 4.78 is 0. The first-order valence-electron chi connectivity index (χ1n) is 16.4. The number of carbonyl (C=O) groups excluding carboxylic acids is 4. The summed E-state index contributed by atoms with van der Waals surface area (Å²) >= 11 is 0. The predicted molar refractivity (Wildman–Crippen MR) is 182 cm³/mol. The molecule has 2 aromatic carbocycles. The quantitative estimate of drug-likeness (QED) is 0.300. The van der Waals surface area contributed by atoms with E-state index in [0.29, 0.717) is 56.8 Å². The lowest BCUT2D eigenvalue weighted by Crippen LogP contribution is -2.54. The Morgan fingerprint density at radius 2 is 1.57 bits per heavy atom. The number of aromatic nitrogens is 1. The second kappa shape index (κ2) is 14.0. The Morgan fingerprint density at radius 1 is 0.894 bits per heavy atom. The molecular weight excluding hydrogens is 592 g/mol. The van der Waals surface area contributed by atoms with Gasteiger partial charge in [-0.25, -0.2) is 4.98 Å². The van der Waals surface area contributed by atoms with E-state index in [1.807, 2.05) is 69.4 Å². The van der Waals surface area contributed by atoms with Crippen LogP contribution >= 0.6 is 0 Å². The summed E-state index contributed by atoms with van der Waals surface area (Å²) in [6, 6.07) is 18.3. The van der Waals surface area contributed by atoms with Gasteiger partial charge in [-0.15, -0.1) is 0 Å². The van der Waals surface area contributed by atoms with Crippen LogP contribution in [-0.2, 0) is 45.1 Å². The Bertz CT molecular complexity index is 1630. The number of nitrogens with one attached hydrogen (secondary N) is 3. The molecule has 1 aliphatic carbocycles. The van der Waals surface area contributed by atoms with Crippen LogP contribution in [0, 0.1) is 10.8 Å². The maximum atomic E-state index is 14.4. The minimum absolute atomic E-state index is 0.00795. The van der Waals surface area contributed by atoms with Gasteiger partial charge in [-0.1, -0.05) is 50.2 Å². The van der Waals surface area contributed by atoms with Gasteiger partial charge in [-0.05, 0) is 86.2 Å². The number of pyridine rings is 1. The molecule has 1 saturated heterocycles. The van der Waals surface area contributed by atoms with Crippen LogP contribution in [0.25, 0.3) is 0 Å². The smallest absolute Gasteiger partial charge is 0.246 e. The second-order valence-electron chi connectivity index (χ2n) is 13.5. The molecule has 2 aliphatic rings. The number of benzene rings is 2. The second-order valence-corrected chi connectivity index (χ2v) is 13.5. The van der Waals surface area contributed by atoms with Crippen molar-refractivity contribution in [2.75, 3.05) is 30.8 Å². The summed E-state index contributed by atoms with van der Waals surface area (Å²) in [6.07, 6.45) is 3.82. The van der Waals surface area contributed by atoms with Crippen molar-refractivity contribution < 1.29 is 19.2 Å². The summed E-state index contributed by atoms with van der Waals surface area (Å²) in [5, 5.41) is 9.19. The average Bonchev–Trinajstić information content (AvgIpc) is 3.41. The molecule has 10 nitrogen and oxygen atoms in total. The average molecular weight is 639 g/mol. The lowest BCUT2D eigenvalue weighted by atomic mass is 9.78. The zero-order valence-electron chi connectivity index (χ0n) is 28.1. The molecule has 1 aliphatic heterocycles. The zero-order chi connectivity index (χ0) is 33.8. The molecule has 47 heavy (non-hydrogen) atoms. The minimum atomic E-state index is -0.768. The van der Waals surface area contributed by atoms with Crippen LogP contribution < -0.4 is 16.0 Å². The Balaban J connectivity index is 1.33. The van der Waals surface area contributed by atoms with Crippen molar-refractivity contribution in [3.05, 3.63) is 89.1 Å². The van der Waals surface area contributed by atoms with E-state index in [0.717, 1.165) is 22.3 Å². The SMILES string of the molecule is CNCc1ccccc1CN(C(=O)C1(C)CCN(C(C)=O)CC1)[C@H](C)C(=O)Nc1ccc2c(c1)C[C@](C)(C(=O)Nc1ccccn1)C2. The van der Waals surface area contributed by atoms with Crippen molar-refractivity contribution in [3.63, 3.8) is 0 Å². The van der Waals surface area contributed by atoms with Crippen LogP contribution in [0.15, 0.2) is 66.9 Å². The highest BCUT2D eigenvalue weighted by Gasteiger charge is 2.43. The molecule has 0 radical (unpaired) electrons. The van der Waals surface area contributed by atoms with Crippen LogP contribution in [0.1, 0.15) is 62.8 Å². The third kappa shape index (κ3) is 7.54. The highest BCUT2D eigenvalue weighted by atomic mass is 16.2. The van der Waals surface area contributed by atoms with Crippen molar-refractivity contribution in [1.82, 2.24) is 20.1 Å². The highest BCUT2D eigenvalue weighted by Crippen LogP contribution is 2.39. The molecule has 2 heterocycles. The molecule has 1 fully saturated rings. The molecule has 10 heteroatoms. The van der Waals surface area contributed by atoms with Crippen molar-refractivity contribution in [1.29, 1.82) is 0 Å². The van der Waals surface area contributed by atoms with Gasteiger partial charge in [0.05, 0.1) is 5.41 Å². The van der Waals surface area contributed by atoms with E-state index in [4.69, 9.17) is 0 Å². The van der Waals surface area contributed by atoms with Crippen LogP contribution in [0.3, 0.4) is 0 Å². The van der Waals surface area contributed by atoms with Gasteiger partial charge in [0.15, 0.2) is 0 Å². The normalized spacial score (nSPS) is 19.0. The molecule has 5 rings (SSSR count). The lowest BCUT2D eigenvalue weighted by molar-refractivity contribution is -0.151. The number of hydrogen-bond donors (Lipinski definition) is 3. The van der Waals surface area contributed by atoms with Gasteiger partial charge in [-0.3, -0.25) is 19.2 Å². The Morgan fingerprint density at radius 3 is 2.23 bits per heavy atom. The van der Waals surface area contributed by atoms with Crippen LogP contribution in [0.2, 0.25) is 0 Å². The number of likely N-dealkylation sites (tertiary alicyclic amines) is 1. The summed E-state index contributed by atoms with van der Waals surface area (Å²) in [5.74, 6) is 0.0483. The van der Waals surface area contributed by atoms with Gasteiger partial charge >= 0.3 is 0 Å². The number of fused-ring (bicyclic) bond motifs is 1. The molecule has 0 saturated carbocycles. The summed E-state index contributed by atoms with van der Waals surface area (Å²) in [7, 11) is 1.88. The monoisotopic (exact) mass is 638 g/mol. The number of carbonyl (C=O) groups is 4. The third-order valence-corrected chi connectivity index (χ3v) is 9.85. The highest BCUT2D eigenvalue weighted by molar-refractivity contribution is 5.98. The molecule has 0 spiro atoms. The molecule has 3 aromatic rings. The maximum Gasteiger partial charge on any atom is 0.246 e. The number of piperidine rings is 1. The van der Waals surface area contributed by atoms with E-state index in [9.17, 15) is 19.2 Å². The largest absolute Gasteiger partial charge is 0.343 e. The van der Waals surface area contributed by atoms with Gasteiger partial charge < -0.3 is 25.8 Å². The van der Waals surface area contributed by atoms with E-state index >= 15 is 0 Å². The molecule has 4 amide bonds. The Hall–Kier alpha value is -4.57. The van der Waals surface area contributed by atoms with E-state index < -0.39 is 16.9 Å². The first-order valence-corrected chi connectivity index (χ1v) is 16.4. The number of rotatable bonds is 10. The molecule has 1 aromatic heterocycles. The van der Waals surface area contributed by atoms with Gasteiger partial charge in [0, 0.05) is 50.4 Å². The topological polar surface area (TPSA) is 124 Å². The standard InChI is InChI=1S/C37H46N6O4/c1-25(33(45)40-31-14-13-27-21-37(4,22-30(27)20-31)34(46)41-32-12-8-9-17-39-32)43(24-29-11-7-6-10-28(29)23-38-5)35(47)36(3)15-18-42(19-16-36)26(2)44/h6-14,17,20,25,38H,15-16,18-19,21-24H2,1-5H3,(H,40,45)(H,39,41,46)/t25-,37-/m1/s1. The molecule has 0 bridgehead atoms. The van der Waals surface area contributed by atoms with Crippen molar-refractivity contribution in [3.8, 4) is 0 Å². The number of hydrogen-bond acceptors (Lipinski definition) is 6. The number of anilines is 2. The van der Waals surface area contributed by atoms with Gasteiger partial charge in [0.25, 0.3) is 0 Å². The summed E-state index contributed by atoms with van der Waals surface area (Å²) in [4.78, 5) is 61.2. The fraction of sp³-hybridized carbons (Fsp3) is 0.432. The van der Waals surface area contributed by atoms with E-state index in [-0.39, 0.29) is 30.2 Å². The molecule has 2 atom stereocenters. The van der Waals surface area contributed by atoms with Crippen LogP contribution in [-0.4, -0.2) is 64.6 Å². The number of nitrogens with zero attached hydrogens (tertiary/aromatic N) is 3. The Kier molecular flexibility index (Phi) is 10.1. The summed E-state index contributed by atoms with van der Waals surface area (Å²) in [6.45, 7) is 9.16. The molecule has 0 unspecified atom stereocenters.